The molecule has 0 bridgehead atoms. The smallest absolute Gasteiger partial charge is 0.303 e. The monoisotopic (exact) mass is 350 g/mol. The molecule has 0 aliphatic rings. The lowest BCUT2D eigenvalue weighted by molar-refractivity contribution is -0.137. The summed E-state index contributed by atoms with van der Waals surface area (Å²) in [5.74, 6) is -0.911. The van der Waals surface area contributed by atoms with Gasteiger partial charge in [0.2, 0.25) is 0 Å². The Hall–Kier alpha value is -1.95. The zero-order valence-electron chi connectivity index (χ0n) is 14.7. The molecule has 25 heavy (non-hydrogen) atoms. The van der Waals surface area contributed by atoms with Crippen LogP contribution >= 0.6 is 0 Å². The maximum Gasteiger partial charge on any atom is 0.303 e. The van der Waals surface area contributed by atoms with Gasteiger partial charge in [0.1, 0.15) is 0 Å². The summed E-state index contributed by atoms with van der Waals surface area (Å²) in [5, 5.41) is 37.5. The average molecular weight is 350 g/mol. The molecular formula is C20H30O5. The van der Waals surface area contributed by atoms with E-state index in [1.165, 1.54) is 6.08 Å². The van der Waals surface area contributed by atoms with Crippen molar-refractivity contribution < 1.29 is 25.2 Å². The van der Waals surface area contributed by atoms with Crippen LogP contribution < -0.4 is 0 Å². The maximum absolute atomic E-state index is 10.4. The summed E-state index contributed by atoms with van der Waals surface area (Å²) in [4.78, 5) is 10.4. The molecule has 140 valence electrons. The molecule has 0 amide bonds. The minimum Gasteiger partial charge on any atom is -0.481 e. The van der Waals surface area contributed by atoms with Gasteiger partial charge in [-0.2, -0.15) is 0 Å². The number of rotatable bonds is 13. The third-order valence-corrected chi connectivity index (χ3v) is 3.26. The number of carbonyl (C=O) groups is 1. The lowest BCUT2D eigenvalue weighted by atomic mass is 10.1. The van der Waals surface area contributed by atoms with Crippen LogP contribution in [0.3, 0.4) is 0 Å². The van der Waals surface area contributed by atoms with Crippen molar-refractivity contribution in [2.75, 3.05) is 0 Å². The predicted molar refractivity (Wildman–Crippen MR) is 100 cm³/mol. The van der Waals surface area contributed by atoms with Crippen LogP contribution in [0.15, 0.2) is 60.8 Å². The number of carboxylic acid groups (broad SMARTS) is 1. The van der Waals surface area contributed by atoms with Gasteiger partial charge in [0.05, 0.1) is 18.3 Å². The van der Waals surface area contributed by atoms with Crippen LogP contribution in [0.5, 0.6) is 0 Å². The summed E-state index contributed by atoms with van der Waals surface area (Å²) in [6.07, 6.45) is 17.2. The van der Waals surface area contributed by atoms with E-state index in [2.05, 4.69) is 0 Å². The normalized spacial score (nSPS) is 16.6. The molecule has 0 saturated heterocycles. The van der Waals surface area contributed by atoms with Gasteiger partial charge in [-0.05, 0) is 25.7 Å². The van der Waals surface area contributed by atoms with Crippen LogP contribution in [-0.2, 0) is 4.79 Å². The highest BCUT2D eigenvalue weighted by Crippen LogP contribution is 2.06. The molecule has 0 saturated carbocycles. The Morgan fingerprint density at radius 3 is 2.12 bits per heavy atom. The SMILES string of the molecule is CC/C=C\C[C@H](O)\C=C/C=C\C=C\C=C\[C@H](O)[C@@H](O)CCCC(=O)O. The van der Waals surface area contributed by atoms with Crippen molar-refractivity contribution >= 4 is 5.97 Å². The molecule has 5 heteroatoms. The summed E-state index contributed by atoms with van der Waals surface area (Å²) in [5.41, 5.74) is 0. The zero-order chi connectivity index (χ0) is 18.9. The predicted octanol–water partition coefficient (Wildman–Crippen LogP) is 2.91. The molecule has 0 rings (SSSR count). The van der Waals surface area contributed by atoms with E-state index in [4.69, 9.17) is 5.11 Å². The quantitative estimate of drug-likeness (QED) is 0.302. The number of carboxylic acids is 1. The first-order valence-electron chi connectivity index (χ1n) is 8.56. The Morgan fingerprint density at radius 2 is 1.52 bits per heavy atom. The van der Waals surface area contributed by atoms with Gasteiger partial charge in [-0.1, -0.05) is 67.7 Å². The zero-order valence-corrected chi connectivity index (χ0v) is 14.7. The Morgan fingerprint density at radius 1 is 0.920 bits per heavy atom. The van der Waals surface area contributed by atoms with Crippen LogP contribution in [0.4, 0.5) is 0 Å². The molecule has 0 aliphatic carbocycles. The van der Waals surface area contributed by atoms with E-state index in [0.29, 0.717) is 12.8 Å². The first kappa shape index (κ1) is 23.1. The second kappa shape index (κ2) is 15.6. The van der Waals surface area contributed by atoms with E-state index in [1.54, 1.807) is 42.5 Å². The lowest BCUT2D eigenvalue weighted by Crippen LogP contribution is -2.23. The van der Waals surface area contributed by atoms with E-state index in [1.807, 2.05) is 19.1 Å². The fraction of sp³-hybridized carbons (Fsp3) is 0.450. The van der Waals surface area contributed by atoms with Gasteiger partial charge in [0.15, 0.2) is 0 Å². The number of aliphatic hydroxyl groups excluding tert-OH is 3. The summed E-state index contributed by atoms with van der Waals surface area (Å²) < 4.78 is 0. The van der Waals surface area contributed by atoms with Crippen LogP contribution in [0, 0.1) is 0 Å². The van der Waals surface area contributed by atoms with E-state index in [-0.39, 0.29) is 12.8 Å². The first-order chi connectivity index (χ1) is 12.0. The van der Waals surface area contributed by atoms with Gasteiger partial charge < -0.3 is 20.4 Å². The molecule has 0 heterocycles. The Bertz CT molecular complexity index is 488. The van der Waals surface area contributed by atoms with Crippen molar-refractivity contribution in [3.05, 3.63) is 60.8 Å². The molecular weight excluding hydrogens is 320 g/mol. The highest BCUT2D eigenvalue weighted by atomic mass is 16.4. The third-order valence-electron chi connectivity index (χ3n) is 3.26. The number of hydrogen-bond donors (Lipinski definition) is 4. The van der Waals surface area contributed by atoms with Gasteiger partial charge in [-0.25, -0.2) is 0 Å². The average Bonchev–Trinajstić information content (AvgIpc) is 2.56. The summed E-state index contributed by atoms with van der Waals surface area (Å²) >= 11 is 0. The Kier molecular flexibility index (Phi) is 14.4. The van der Waals surface area contributed by atoms with Crippen LogP contribution in [0.1, 0.15) is 39.0 Å². The summed E-state index contributed by atoms with van der Waals surface area (Å²) in [6.45, 7) is 2.04. The largest absolute Gasteiger partial charge is 0.481 e. The van der Waals surface area contributed by atoms with Crippen LogP contribution in [-0.4, -0.2) is 44.7 Å². The molecule has 4 N–H and O–H groups in total. The second-order valence-corrected chi connectivity index (χ2v) is 5.57. The number of aliphatic hydroxyl groups is 3. The van der Waals surface area contributed by atoms with E-state index in [9.17, 15) is 20.1 Å². The van der Waals surface area contributed by atoms with E-state index < -0.39 is 24.3 Å². The number of hydrogen-bond acceptors (Lipinski definition) is 4. The van der Waals surface area contributed by atoms with Gasteiger partial charge in [0, 0.05) is 6.42 Å². The highest BCUT2D eigenvalue weighted by Gasteiger charge is 2.12. The standard InChI is InChI=1S/C20H30O5/c1-2-3-8-12-17(21)13-9-6-4-5-7-10-14-18(22)19(23)15-11-16-20(24)25/h3-10,13-14,17-19,21-23H,2,11-12,15-16H2,1H3,(H,24,25)/b6-4-,7-5+,8-3-,13-9-,14-10+/t17-,18-,19-/m0/s1. The minimum absolute atomic E-state index is 0.0186. The van der Waals surface area contributed by atoms with E-state index in [0.717, 1.165) is 6.42 Å². The molecule has 0 spiro atoms. The molecule has 0 aromatic carbocycles. The fourth-order valence-electron chi connectivity index (χ4n) is 1.87. The Labute approximate surface area is 150 Å². The van der Waals surface area contributed by atoms with Gasteiger partial charge >= 0.3 is 5.97 Å². The van der Waals surface area contributed by atoms with Crippen molar-refractivity contribution in [1.82, 2.24) is 0 Å². The number of allylic oxidation sites excluding steroid dienone is 7. The summed E-state index contributed by atoms with van der Waals surface area (Å²) in [7, 11) is 0. The maximum atomic E-state index is 10.4. The van der Waals surface area contributed by atoms with Crippen molar-refractivity contribution in [1.29, 1.82) is 0 Å². The molecule has 3 atom stereocenters. The van der Waals surface area contributed by atoms with Gasteiger partial charge in [-0.15, -0.1) is 0 Å². The molecule has 0 radical (unpaired) electrons. The lowest BCUT2D eigenvalue weighted by Gasteiger charge is -2.13. The minimum atomic E-state index is -1.02. The fourth-order valence-corrected chi connectivity index (χ4v) is 1.87. The van der Waals surface area contributed by atoms with Crippen molar-refractivity contribution in [3.63, 3.8) is 0 Å². The van der Waals surface area contributed by atoms with Gasteiger partial charge in [-0.3, -0.25) is 4.79 Å². The Balaban J connectivity index is 4.02. The first-order valence-corrected chi connectivity index (χ1v) is 8.56. The van der Waals surface area contributed by atoms with Crippen LogP contribution in [0.2, 0.25) is 0 Å². The highest BCUT2D eigenvalue weighted by molar-refractivity contribution is 5.66. The summed E-state index contributed by atoms with van der Waals surface area (Å²) in [6, 6.07) is 0. The van der Waals surface area contributed by atoms with Crippen LogP contribution in [0.25, 0.3) is 0 Å². The molecule has 0 aliphatic heterocycles. The molecule has 5 nitrogen and oxygen atoms in total. The van der Waals surface area contributed by atoms with Crippen molar-refractivity contribution in [2.45, 2.75) is 57.3 Å². The molecule has 0 unspecified atom stereocenters. The second-order valence-electron chi connectivity index (χ2n) is 5.57. The van der Waals surface area contributed by atoms with Crippen molar-refractivity contribution in [3.8, 4) is 0 Å². The number of aliphatic carboxylic acids is 1. The molecule has 0 aromatic rings. The van der Waals surface area contributed by atoms with Crippen molar-refractivity contribution in [2.24, 2.45) is 0 Å². The molecule has 0 fully saturated rings. The van der Waals surface area contributed by atoms with E-state index >= 15 is 0 Å². The van der Waals surface area contributed by atoms with Gasteiger partial charge in [0.25, 0.3) is 0 Å². The topological polar surface area (TPSA) is 98.0 Å². The third kappa shape index (κ3) is 15.3. The molecule has 0 aromatic heterocycles.